The Kier molecular flexibility index (Phi) is 4.06. The molecule has 1 atom stereocenters. The fourth-order valence-electron chi connectivity index (χ4n) is 1.27. The average molecular weight is 218 g/mol. The maximum absolute atomic E-state index is 11.2. The smallest absolute Gasteiger partial charge is 0.324 e. The molecule has 0 aliphatic carbocycles. The van der Waals surface area contributed by atoms with Crippen LogP contribution in [-0.4, -0.2) is 46.1 Å². The minimum atomic E-state index is -0.813. The largest absolute Gasteiger partial charge is 0.324 e. The van der Waals surface area contributed by atoms with E-state index >= 15 is 0 Å². The highest BCUT2D eigenvalue weighted by Crippen LogP contribution is 2.01. The number of carbonyl (C=O) groups excluding carboxylic acids is 2. The molecule has 0 spiro atoms. The first kappa shape index (κ1) is 11.2. The van der Waals surface area contributed by atoms with E-state index in [0.717, 1.165) is 0 Å². The van der Waals surface area contributed by atoms with Crippen molar-refractivity contribution in [2.75, 3.05) is 25.1 Å². The second-order valence-electron chi connectivity index (χ2n) is 3.22. The molecular weight excluding hydrogens is 204 g/mol. The molecule has 0 aromatic carbocycles. The molecule has 0 saturated carbocycles. The lowest BCUT2D eigenvalue weighted by atomic mass is 10.3. The standard InChI is InChI=1S/C8H14N2O3S/c1-14(13)6-2-4-10-5-3-7(11)9-8(10)12/h2-6H2,1H3,(H,9,11,12). The first-order valence-electron chi connectivity index (χ1n) is 4.48. The SMILES string of the molecule is CS(=O)CCCN1CCC(=O)NC1=O. The third kappa shape index (κ3) is 3.45. The quantitative estimate of drug-likeness (QED) is 0.704. The van der Waals surface area contributed by atoms with Gasteiger partial charge in [0.2, 0.25) is 5.91 Å². The van der Waals surface area contributed by atoms with E-state index in [0.29, 0.717) is 31.7 Å². The molecule has 1 N–H and O–H groups in total. The summed E-state index contributed by atoms with van der Waals surface area (Å²) in [5, 5.41) is 2.24. The van der Waals surface area contributed by atoms with Crippen molar-refractivity contribution in [1.29, 1.82) is 0 Å². The van der Waals surface area contributed by atoms with Crippen molar-refractivity contribution in [3.8, 4) is 0 Å². The highest BCUT2D eigenvalue weighted by atomic mass is 32.2. The number of amides is 3. The topological polar surface area (TPSA) is 66.5 Å². The first-order valence-corrected chi connectivity index (χ1v) is 6.21. The Labute approximate surface area is 85.3 Å². The molecule has 0 aromatic rings. The first-order chi connectivity index (χ1) is 6.59. The summed E-state index contributed by atoms with van der Waals surface area (Å²) in [4.78, 5) is 23.6. The van der Waals surface area contributed by atoms with E-state index in [1.54, 1.807) is 11.2 Å². The van der Waals surface area contributed by atoms with Gasteiger partial charge in [0.05, 0.1) is 0 Å². The summed E-state index contributed by atoms with van der Waals surface area (Å²) in [7, 11) is -0.813. The number of rotatable bonds is 4. The van der Waals surface area contributed by atoms with Crippen molar-refractivity contribution in [2.24, 2.45) is 0 Å². The van der Waals surface area contributed by atoms with Crippen molar-refractivity contribution in [2.45, 2.75) is 12.8 Å². The third-order valence-electron chi connectivity index (χ3n) is 2.00. The summed E-state index contributed by atoms with van der Waals surface area (Å²) < 4.78 is 10.8. The Morgan fingerprint density at radius 3 is 2.79 bits per heavy atom. The number of hydrogen-bond acceptors (Lipinski definition) is 3. The van der Waals surface area contributed by atoms with Crippen LogP contribution in [0.2, 0.25) is 0 Å². The van der Waals surface area contributed by atoms with E-state index in [1.807, 2.05) is 0 Å². The van der Waals surface area contributed by atoms with Gasteiger partial charge in [0.15, 0.2) is 0 Å². The number of hydrogen-bond donors (Lipinski definition) is 1. The Morgan fingerprint density at radius 1 is 1.50 bits per heavy atom. The van der Waals surface area contributed by atoms with Crippen LogP contribution in [0.5, 0.6) is 0 Å². The second-order valence-corrected chi connectivity index (χ2v) is 4.78. The van der Waals surface area contributed by atoms with Crippen LogP contribution in [0.25, 0.3) is 0 Å². The van der Waals surface area contributed by atoms with Gasteiger partial charge in [-0.05, 0) is 6.42 Å². The minimum Gasteiger partial charge on any atom is -0.324 e. The zero-order valence-corrected chi connectivity index (χ0v) is 8.93. The predicted molar refractivity (Wildman–Crippen MR) is 53.3 cm³/mol. The Balaban J connectivity index is 2.27. The van der Waals surface area contributed by atoms with Crippen molar-refractivity contribution in [1.82, 2.24) is 10.2 Å². The van der Waals surface area contributed by atoms with Gasteiger partial charge in [-0.1, -0.05) is 0 Å². The summed E-state index contributed by atoms with van der Waals surface area (Å²) in [5.41, 5.74) is 0. The normalized spacial score (nSPS) is 19.4. The number of carbonyl (C=O) groups is 2. The highest BCUT2D eigenvalue weighted by molar-refractivity contribution is 7.84. The van der Waals surface area contributed by atoms with E-state index < -0.39 is 10.8 Å². The highest BCUT2D eigenvalue weighted by Gasteiger charge is 2.21. The Morgan fingerprint density at radius 2 is 2.21 bits per heavy atom. The van der Waals surface area contributed by atoms with E-state index in [9.17, 15) is 13.8 Å². The van der Waals surface area contributed by atoms with E-state index in [1.165, 1.54) is 0 Å². The Bertz CT molecular complexity index is 267. The van der Waals surface area contributed by atoms with Gasteiger partial charge < -0.3 is 4.90 Å². The van der Waals surface area contributed by atoms with Gasteiger partial charge in [-0.3, -0.25) is 14.3 Å². The summed E-state index contributed by atoms with van der Waals surface area (Å²) in [6, 6.07) is -0.330. The molecule has 3 amide bonds. The molecule has 1 unspecified atom stereocenters. The van der Waals surface area contributed by atoms with Gasteiger partial charge in [0.1, 0.15) is 0 Å². The van der Waals surface area contributed by atoms with Crippen LogP contribution in [-0.2, 0) is 15.6 Å². The van der Waals surface area contributed by atoms with Crippen LogP contribution in [0.1, 0.15) is 12.8 Å². The van der Waals surface area contributed by atoms with Crippen LogP contribution >= 0.6 is 0 Å². The molecule has 14 heavy (non-hydrogen) atoms. The van der Waals surface area contributed by atoms with E-state index in [2.05, 4.69) is 5.32 Å². The lowest BCUT2D eigenvalue weighted by molar-refractivity contribution is -0.121. The van der Waals surface area contributed by atoms with Gasteiger partial charge in [-0.25, -0.2) is 4.79 Å². The maximum Gasteiger partial charge on any atom is 0.324 e. The molecule has 1 aliphatic heterocycles. The molecule has 0 radical (unpaired) electrons. The lowest BCUT2D eigenvalue weighted by Crippen LogP contribution is -2.49. The van der Waals surface area contributed by atoms with Crippen LogP contribution < -0.4 is 5.32 Å². The molecule has 0 aromatic heterocycles. The number of imide groups is 1. The van der Waals surface area contributed by atoms with E-state index in [-0.39, 0.29) is 11.9 Å². The number of urea groups is 1. The van der Waals surface area contributed by atoms with Crippen molar-refractivity contribution in [3.05, 3.63) is 0 Å². The van der Waals surface area contributed by atoms with Crippen LogP contribution in [0.4, 0.5) is 4.79 Å². The van der Waals surface area contributed by atoms with Crippen LogP contribution in [0.3, 0.4) is 0 Å². The molecule has 1 aliphatic rings. The molecule has 6 heteroatoms. The van der Waals surface area contributed by atoms with Crippen molar-refractivity contribution < 1.29 is 13.8 Å². The fourth-order valence-corrected chi connectivity index (χ4v) is 1.81. The zero-order chi connectivity index (χ0) is 10.6. The minimum absolute atomic E-state index is 0.217. The summed E-state index contributed by atoms with van der Waals surface area (Å²) in [6.07, 6.45) is 2.71. The molecule has 1 rings (SSSR count). The van der Waals surface area contributed by atoms with Gasteiger partial charge in [0, 0.05) is 42.3 Å². The van der Waals surface area contributed by atoms with Crippen molar-refractivity contribution in [3.63, 3.8) is 0 Å². The molecule has 5 nitrogen and oxygen atoms in total. The summed E-state index contributed by atoms with van der Waals surface area (Å²) >= 11 is 0. The second kappa shape index (κ2) is 5.09. The molecule has 1 heterocycles. The molecular formula is C8H14N2O3S. The van der Waals surface area contributed by atoms with Crippen molar-refractivity contribution >= 4 is 22.7 Å². The molecule has 1 saturated heterocycles. The molecule has 0 bridgehead atoms. The summed E-state index contributed by atoms with van der Waals surface area (Å²) in [6.45, 7) is 1.04. The maximum atomic E-state index is 11.2. The molecule has 1 fully saturated rings. The van der Waals surface area contributed by atoms with Gasteiger partial charge in [-0.2, -0.15) is 0 Å². The number of nitrogens with one attached hydrogen (secondary N) is 1. The third-order valence-corrected chi connectivity index (χ3v) is 2.87. The van der Waals surface area contributed by atoms with Crippen LogP contribution in [0.15, 0.2) is 0 Å². The number of nitrogens with zero attached hydrogens (tertiary/aromatic N) is 1. The van der Waals surface area contributed by atoms with Gasteiger partial charge in [-0.15, -0.1) is 0 Å². The monoisotopic (exact) mass is 218 g/mol. The average Bonchev–Trinajstić information content (AvgIpc) is 2.08. The molecule has 80 valence electrons. The Hall–Kier alpha value is -0.910. The van der Waals surface area contributed by atoms with Gasteiger partial charge >= 0.3 is 6.03 Å². The summed E-state index contributed by atoms with van der Waals surface area (Å²) in [5.74, 6) is 0.378. The lowest BCUT2D eigenvalue weighted by Gasteiger charge is -2.26. The predicted octanol–water partition coefficient (Wildman–Crippen LogP) is -0.303. The van der Waals surface area contributed by atoms with Gasteiger partial charge in [0.25, 0.3) is 0 Å². The van der Waals surface area contributed by atoms with E-state index in [4.69, 9.17) is 0 Å². The van der Waals surface area contributed by atoms with Crippen LogP contribution in [0, 0.1) is 0 Å². The zero-order valence-electron chi connectivity index (χ0n) is 8.12. The fraction of sp³-hybridized carbons (Fsp3) is 0.750.